The predicted octanol–water partition coefficient (Wildman–Crippen LogP) is 5.07. The molecule has 0 aliphatic carbocycles. The van der Waals surface area contributed by atoms with Crippen LogP contribution < -0.4 is 5.32 Å². The number of halogens is 2. The van der Waals surface area contributed by atoms with Crippen molar-refractivity contribution in [3.05, 3.63) is 70.0 Å². The molecule has 0 fully saturated rings. The summed E-state index contributed by atoms with van der Waals surface area (Å²) in [6, 6.07) is 15.5. The summed E-state index contributed by atoms with van der Waals surface area (Å²) in [5.41, 5.74) is 2.37. The fourth-order valence-corrected chi connectivity index (χ4v) is 3.42. The van der Waals surface area contributed by atoms with Crippen LogP contribution in [0.3, 0.4) is 0 Å². The smallest absolute Gasteiger partial charge is 0.157 e. The van der Waals surface area contributed by atoms with Gasteiger partial charge in [0.15, 0.2) is 11.6 Å². The van der Waals surface area contributed by atoms with Gasteiger partial charge < -0.3 is 19.5 Å². The van der Waals surface area contributed by atoms with E-state index in [-0.39, 0.29) is 0 Å². The van der Waals surface area contributed by atoms with Gasteiger partial charge in [-0.15, -0.1) is 10.2 Å². The second kappa shape index (κ2) is 14.1. The lowest BCUT2D eigenvalue weighted by molar-refractivity contribution is 0.0243. The zero-order valence-corrected chi connectivity index (χ0v) is 20.1. The standard InChI is InChI=1S/C24H28Cl2N4O3/c1-31-13-14-33-16-15-32-12-6-11-21-28-24(27-17-18-7-3-2-4-8-18)23(30-29-21)19-9-5-10-20(25)22(19)26/h2-5,7-10H,6,11-17H2,1H3,(H,27,28,29). The number of nitrogens with zero attached hydrogens (tertiary/aromatic N) is 3. The summed E-state index contributed by atoms with van der Waals surface area (Å²) >= 11 is 12.7. The number of aryl methyl sites for hydroxylation is 1. The molecular weight excluding hydrogens is 463 g/mol. The van der Waals surface area contributed by atoms with Crippen LogP contribution in [-0.4, -0.2) is 55.3 Å². The molecule has 9 heteroatoms. The van der Waals surface area contributed by atoms with E-state index in [1.807, 2.05) is 42.5 Å². The van der Waals surface area contributed by atoms with Crippen molar-refractivity contribution in [2.45, 2.75) is 19.4 Å². The minimum absolute atomic E-state index is 0.423. The van der Waals surface area contributed by atoms with Gasteiger partial charge in [0.2, 0.25) is 0 Å². The van der Waals surface area contributed by atoms with E-state index in [9.17, 15) is 0 Å². The van der Waals surface area contributed by atoms with Crippen LogP contribution in [0, 0.1) is 0 Å². The zero-order chi connectivity index (χ0) is 23.3. The molecule has 0 atom stereocenters. The van der Waals surface area contributed by atoms with Gasteiger partial charge in [0.05, 0.1) is 36.5 Å². The number of hydrogen-bond acceptors (Lipinski definition) is 7. The van der Waals surface area contributed by atoms with Crippen molar-refractivity contribution >= 4 is 29.0 Å². The minimum atomic E-state index is 0.423. The van der Waals surface area contributed by atoms with E-state index in [1.165, 1.54) is 0 Å². The van der Waals surface area contributed by atoms with E-state index in [0.717, 1.165) is 12.0 Å². The van der Waals surface area contributed by atoms with Gasteiger partial charge in [0, 0.05) is 32.2 Å². The summed E-state index contributed by atoms with van der Waals surface area (Å²) in [5.74, 6) is 1.24. The fraction of sp³-hybridized carbons (Fsp3) is 0.375. The fourth-order valence-electron chi connectivity index (χ4n) is 3.03. The molecule has 0 aliphatic rings. The highest BCUT2D eigenvalue weighted by Crippen LogP contribution is 2.35. The van der Waals surface area contributed by atoms with E-state index in [2.05, 4.69) is 15.5 Å². The molecular formula is C24H28Cl2N4O3. The average Bonchev–Trinajstić information content (AvgIpc) is 2.84. The van der Waals surface area contributed by atoms with E-state index >= 15 is 0 Å². The lowest BCUT2D eigenvalue weighted by Gasteiger charge is -2.13. The molecule has 1 N–H and O–H groups in total. The first-order valence-electron chi connectivity index (χ1n) is 10.8. The Balaban J connectivity index is 1.63. The average molecular weight is 491 g/mol. The second-order valence-corrected chi connectivity index (χ2v) is 7.97. The molecule has 0 bridgehead atoms. The molecule has 0 spiro atoms. The maximum atomic E-state index is 6.44. The van der Waals surface area contributed by atoms with Crippen LogP contribution in [0.5, 0.6) is 0 Å². The van der Waals surface area contributed by atoms with Crippen molar-refractivity contribution in [1.29, 1.82) is 0 Å². The number of methoxy groups -OCH3 is 1. The topological polar surface area (TPSA) is 78.4 Å². The first-order valence-corrected chi connectivity index (χ1v) is 11.5. The third kappa shape index (κ3) is 8.21. The van der Waals surface area contributed by atoms with Gasteiger partial charge in [-0.25, -0.2) is 4.98 Å². The molecule has 0 saturated heterocycles. The van der Waals surface area contributed by atoms with Gasteiger partial charge in [-0.2, -0.15) is 0 Å². The highest BCUT2D eigenvalue weighted by Gasteiger charge is 2.16. The van der Waals surface area contributed by atoms with Crippen LogP contribution in [0.2, 0.25) is 10.0 Å². The summed E-state index contributed by atoms with van der Waals surface area (Å²) in [6.07, 6.45) is 1.41. The Kier molecular flexibility index (Phi) is 10.8. The SMILES string of the molecule is COCCOCCOCCCc1nnc(-c2cccc(Cl)c2Cl)c(NCc2ccccc2)n1. The number of anilines is 1. The number of rotatable bonds is 14. The van der Waals surface area contributed by atoms with Gasteiger partial charge in [-0.05, 0) is 18.1 Å². The first kappa shape index (κ1) is 25.3. The molecule has 0 amide bonds. The third-order valence-electron chi connectivity index (χ3n) is 4.73. The highest BCUT2D eigenvalue weighted by molar-refractivity contribution is 6.43. The number of hydrogen-bond donors (Lipinski definition) is 1. The summed E-state index contributed by atoms with van der Waals surface area (Å²) in [5, 5.41) is 13.0. The van der Waals surface area contributed by atoms with Gasteiger partial charge in [-0.1, -0.05) is 65.7 Å². The van der Waals surface area contributed by atoms with Crippen molar-refractivity contribution < 1.29 is 14.2 Å². The molecule has 33 heavy (non-hydrogen) atoms. The van der Waals surface area contributed by atoms with Crippen molar-refractivity contribution in [2.24, 2.45) is 0 Å². The number of aromatic nitrogens is 3. The Hall–Kier alpha value is -2.29. The zero-order valence-electron chi connectivity index (χ0n) is 18.6. The summed E-state index contributed by atoms with van der Waals surface area (Å²) < 4.78 is 15.9. The minimum Gasteiger partial charge on any atom is -0.382 e. The normalized spacial score (nSPS) is 11.0. The van der Waals surface area contributed by atoms with Crippen LogP contribution >= 0.6 is 23.2 Å². The van der Waals surface area contributed by atoms with E-state index in [1.54, 1.807) is 13.2 Å². The summed E-state index contributed by atoms with van der Waals surface area (Å²) in [7, 11) is 1.65. The Morgan fingerprint density at radius 1 is 0.848 bits per heavy atom. The van der Waals surface area contributed by atoms with E-state index in [0.29, 0.717) is 78.9 Å². The maximum absolute atomic E-state index is 6.44. The maximum Gasteiger partial charge on any atom is 0.157 e. The van der Waals surface area contributed by atoms with Gasteiger partial charge >= 0.3 is 0 Å². The lowest BCUT2D eigenvalue weighted by atomic mass is 10.1. The highest BCUT2D eigenvalue weighted by atomic mass is 35.5. The monoisotopic (exact) mass is 490 g/mol. The second-order valence-electron chi connectivity index (χ2n) is 7.19. The van der Waals surface area contributed by atoms with E-state index in [4.69, 9.17) is 42.4 Å². The number of benzene rings is 2. The molecule has 7 nitrogen and oxygen atoms in total. The van der Waals surface area contributed by atoms with Crippen LogP contribution in [0.25, 0.3) is 11.3 Å². The van der Waals surface area contributed by atoms with Gasteiger partial charge in [0.25, 0.3) is 0 Å². The number of ether oxygens (including phenoxy) is 3. The quantitative estimate of drug-likeness (QED) is 0.316. The van der Waals surface area contributed by atoms with Crippen LogP contribution in [0.1, 0.15) is 17.8 Å². The van der Waals surface area contributed by atoms with Crippen LogP contribution in [0.15, 0.2) is 48.5 Å². The molecule has 0 radical (unpaired) electrons. The Morgan fingerprint density at radius 2 is 1.61 bits per heavy atom. The Labute approximate surface area is 204 Å². The van der Waals surface area contributed by atoms with Crippen LogP contribution in [0.4, 0.5) is 5.82 Å². The molecule has 3 aromatic rings. The van der Waals surface area contributed by atoms with Crippen molar-refractivity contribution in [3.63, 3.8) is 0 Å². The van der Waals surface area contributed by atoms with Crippen molar-refractivity contribution in [3.8, 4) is 11.3 Å². The predicted molar refractivity (Wildman–Crippen MR) is 131 cm³/mol. The Morgan fingerprint density at radius 3 is 2.39 bits per heavy atom. The molecule has 0 aliphatic heterocycles. The molecule has 0 unspecified atom stereocenters. The molecule has 1 aromatic heterocycles. The molecule has 176 valence electrons. The lowest BCUT2D eigenvalue weighted by Crippen LogP contribution is -2.11. The molecule has 2 aromatic carbocycles. The van der Waals surface area contributed by atoms with Crippen molar-refractivity contribution in [1.82, 2.24) is 15.2 Å². The van der Waals surface area contributed by atoms with Gasteiger partial charge in [0.1, 0.15) is 5.69 Å². The Bertz CT molecular complexity index is 993. The molecule has 3 rings (SSSR count). The van der Waals surface area contributed by atoms with Crippen LogP contribution in [-0.2, 0) is 27.2 Å². The van der Waals surface area contributed by atoms with E-state index < -0.39 is 0 Å². The largest absolute Gasteiger partial charge is 0.382 e. The van der Waals surface area contributed by atoms with Gasteiger partial charge in [-0.3, -0.25) is 0 Å². The third-order valence-corrected chi connectivity index (χ3v) is 5.55. The molecule has 1 heterocycles. The first-order chi connectivity index (χ1) is 16.2. The number of nitrogens with one attached hydrogen (secondary N) is 1. The summed E-state index contributed by atoms with van der Waals surface area (Å²) in [6.45, 7) is 3.42. The van der Waals surface area contributed by atoms with Crippen molar-refractivity contribution in [2.75, 3.05) is 45.5 Å². The molecule has 0 saturated carbocycles. The summed E-state index contributed by atoms with van der Waals surface area (Å²) in [4.78, 5) is 4.72.